The van der Waals surface area contributed by atoms with E-state index >= 15 is 0 Å². The lowest BCUT2D eigenvalue weighted by atomic mass is 9.80. The molecule has 1 heterocycles. The van der Waals surface area contributed by atoms with Crippen molar-refractivity contribution in [2.45, 2.75) is 76.3 Å². The highest BCUT2D eigenvalue weighted by Gasteiger charge is 2.48. The number of nitrogens with zero attached hydrogens (tertiary/aromatic N) is 2. The molecular formula is C48H49N2O3S+. The molecule has 274 valence electrons. The fourth-order valence-electron chi connectivity index (χ4n) is 8.01. The van der Waals surface area contributed by atoms with Crippen LogP contribution in [0.1, 0.15) is 99.2 Å². The van der Waals surface area contributed by atoms with Crippen molar-refractivity contribution in [1.82, 2.24) is 0 Å². The zero-order valence-electron chi connectivity index (χ0n) is 31.9. The van der Waals surface area contributed by atoms with Gasteiger partial charge in [0.1, 0.15) is 16.3 Å². The van der Waals surface area contributed by atoms with Crippen molar-refractivity contribution in [1.29, 1.82) is 0 Å². The van der Waals surface area contributed by atoms with Gasteiger partial charge in [-0.05, 0) is 57.7 Å². The van der Waals surface area contributed by atoms with Crippen molar-refractivity contribution < 1.29 is 17.5 Å². The minimum atomic E-state index is -4.56. The Morgan fingerprint density at radius 1 is 0.593 bits per heavy atom. The lowest BCUT2D eigenvalue weighted by molar-refractivity contribution is -0.480. The Morgan fingerprint density at radius 3 is 1.67 bits per heavy atom. The van der Waals surface area contributed by atoms with Gasteiger partial charge in [-0.2, -0.15) is 8.42 Å². The van der Waals surface area contributed by atoms with Crippen molar-refractivity contribution in [3.8, 4) is 22.3 Å². The summed E-state index contributed by atoms with van der Waals surface area (Å²) in [6.07, 6.45) is 2.07. The van der Waals surface area contributed by atoms with Crippen LogP contribution in [0.15, 0.2) is 150 Å². The standard InChI is InChI=1S/C48H48N2O3S/c1-32(2)38-29-41(33(3)4)45(42(30-38)34(5)6)40-26-18-25-39(35-19-10-7-11-20-35)48(40)50-31-49(43-27-16-17-28-44(43)54(51,52)53)46(36-21-12-8-13-22-36)47(50)37-23-14-9-15-24-37/h7-34,46-47H,1-6H3/p+1/t46-,47-/m0/s1. The first kappa shape index (κ1) is 37.0. The Bertz CT molecular complexity index is 2370. The fraction of sp³-hybridized carbons (Fsp3) is 0.229. The maximum atomic E-state index is 13.0. The van der Waals surface area contributed by atoms with E-state index < -0.39 is 10.1 Å². The van der Waals surface area contributed by atoms with Gasteiger partial charge in [-0.3, -0.25) is 4.55 Å². The largest absolute Gasteiger partial charge is 0.298 e. The molecule has 0 unspecified atom stereocenters. The van der Waals surface area contributed by atoms with Gasteiger partial charge in [-0.1, -0.05) is 175 Å². The highest BCUT2D eigenvalue weighted by molar-refractivity contribution is 7.86. The lowest BCUT2D eigenvalue weighted by Crippen LogP contribution is -2.27. The summed E-state index contributed by atoms with van der Waals surface area (Å²) in [5.74, 6) is 0.890. The molecule has 0 saturated heterocycles. The summed E-state index contributed by atoms with van der Waals surface area (Å²) >= 11 is 0. The molecule has 0 spiro atoms. The molecule has 0 fully saturated rings. The maximum Gasteiger partial charge on any atom is 0.298 e. The second-order valence-corrected chi connectivity index (χ2v) is 16.6. The topological polar surface area (TPSA) is 60.6 Å². The summed E-state index contributed by atoms with van der Waals surface area (Å²) < 4.78 is 39.0. The second kappa shape index (κ2) is 15.2. The fourth-order valence-corrected chi connectivity index (χ4v) is 8.69. The van der Waals surface area contributed by atoms with Crippen LogP contribution in [0, 0.1) is 0 Å². The van der Waals surface area contributed by atoms with Crippen molar-refractivity contribution in [3.63, 3.8) is 0 Å². The first-order valence-corrected chi connectivity index (χ1v) is 20.3. The summed E-state index contributed by atoms with van der Waals surface area (Å²) in [6.45, 7) is 13.6. The minimum Gasteiger partial charge on any atom is -0.282 e. The molecule has 1 N–H and O–H groups in total. The van der Waals surface area contributed by atoms with E-state index in [2.05, 4.69) is 143 Å². The zero-order valence-corrected chi connectivity index (χ0v) is 32.7. The Morgan fingerprint density at radius 2 is 1.11 bits per heavy atom. The van der Waals surface area contributed by atoms with E-state index in [1.807, 2.05) is 41.3 Å². The normalized spacial score (nSPS) is 16.0. The summed E-state index contributed by atoms with van der Waals surface area (Å²) in [7, 11) is -4.56. The number of hydrogen-bond donors (Lipinski definition) is 1. The highest BCUT2D eigenvalue weighted by Crippen LogP contribution is 2.52. The molecule has 0 saturated carbocycles. The summed E-state index contributed by atoms with van der Waals surface area (Å²) in [6, 6.07) is 48.7. The first-order chi connectivity index (χ1) is 26.0. The second-order valence-electron chi connectivity index (χ2n) is 15.2. The molecule has 6 heteroatoms. The molecule has 0 amide bonds. The molecule has 6 aromatic rings. The lowest BCUT2D eigenvalue weighted by Gasteiger charge is -2.27. The molecule has 0 bridgehead atoms. The van der Waals surface area contributed by atoms with Gasteiger partial charge in [0.15, 0.2) is 12.1 Å². The highest BCUT2D eigenvalue weighted by atomic mass is 32.2. The Balaban J connectivity index is 1.64. The van der Waals surface area contributed by atoms with Crippen LogP contribution in [-0.2, 0) is 10.1 Å². The van der Waals surface area contributed by atoms with E-state index in [-0.39, 0.29) is 28.8 Å². The molecule has 6 aromatic carbocycles. The average molecular weight is 734 g/mol. The van der Waals surface area contributed by atoms with E-state index in [0.717, 1.165) is 33.5 Å². The molecule has 7 rings (SSSR count). The first-order valence-electron chi connectivity index (χ1n) is 18.9. The third-order valence-electron chi connectivity index (χ3n) is 10.6. The van der Waals surface area contributed by atoms with E-state index in [1.165, 1.54) is 28.3 Å². The molecule has 2 atom stereocenters. The third-order valence-corrected chi connectivity index (χ3v) is 11.5. The van der Waals surface area contributed by atoms with Crippen LogP contribution >= 0.6 is 0 Å². The van der Waals surface area contributed by atoms with Gasteiger partial charge in [0.05, 0.1) is 0 Å². The van der Waals surface area contributed by atoms with E-state index in [9.17, 15) is 13.0 Å². The summed E-state index contributed by atoms with van der Waals surface area (Å²) in [4.78, 5) is 1.90. The average Bonchev–Trinajstić information content (AvgIpc) is 3.58. The van der Waals surface area contributed by atoms with Gasteiger partial charge >= 0.3 is 0 Å². The zero-order chi connectivity index (χ0) is 38.1. The Labute approximate surface area is 321 Å². The molecule has 5 nitrogen and oxygen atoms in total. The van der Waals surface area contributed by atoms with Crippen LogP contribution in [-0.4, -0.2) is 23.9 Å². The van der Waals surface area contributed by atoms with E-state index in [4.69, 9.17) is 0 Å². The molecule has 0 radical (unpaired) electrons. The molecule has 1 aliphatic heterocycles. The quantitative estimate of drug-likeness (QED) is 0.112. The van der Waals surface area contributed by atoms with Crippen LogP contribution in [0.4, 0.5) is 11.4 Å². The number of hydrogen-bond acceptors (Lipinski definition) is 3. The predicted molar refractivity (Wildman–Crippen MR) is 223 cm³/mol. The van der Waals surface area contributed by atoms with Gasteiger partial charge in [0, 0.05) is 22.3 Å². The van der Waals surface area contributed by atoms with Gasteiger partial charge in [0.25, 0.3) is 10.1 Å². The predicted octanol–water partition coefficient (Wildman–Crippen LogP) is 12.3. The molecule has 54 heavy (non-hydrogen) atoms. The van der Waals surface area contributed by atoms with Crippen molar-refractivity contribution in [3.05, 3.63) is 173 Å². The van der Waals surface area contributed by atoms with Crippen LogP contribution in [0.3, 0.4) is 0 Å². The SMILES string of the molecule is CC(C)c1cc(C(C)C)c(-c2cccc(-c3ccccc3)c2[N+]2=CN(c3ccccc3S(=O)(=O)O)[C@@H](c3ccccc3)[C@@H]2c2ccccc2)c(C(C)C)c1. The van der Waals surface area contributed by atoms with E-state index in [0.29, 0.717) is 11.6 Å². The summed E-state index contributed by atoms with van der Waals surface area (Å²) in [5.41, 5.74) is 12.0. The van der Waals surface area contributed by atoms with Gasteiger partial charge in [0.2, 0.25) is 6.34 Å². The molecule has 0 aliphatic carbocycles. The number of rotatable bonds is 10. The maximum absolute atomic E-state index is 13.0. The third kappa shape index (κ3) is 7.04. The van der Waals surface area contributed by atoms with Gasteiger partial charge in [-0.25, -0.2) is 9.48 Å². The molecule has 0 aromatic heterocycles. The van der Waals surface area contributed by atoms with Crippen molar-refractivity contribution in [2.75, 3.05) is 4.90 Å². The Hall–Kier alpha value is -5.30. The molecular weight excluding hydrogens is 685 g/mol. The minimum absolute atomic E-state index is 0.138. The summed E-state index contributed by atoms with van der Waals surface area (Å²) in [5, 5.41) is 0. The van der Waals surface area contributed by atoms with Crippen molar-refractivity contribution >= 4 is 27.8 Å². The number of anilines is 1. The number of para-hydroxylation sites is 2. The van der Waals surface area contributed by atoms with Crippen molar-refractivity contribution in [2.24, 2.45) is 0 Å². The molecule has 1 aliphatic rings. The van der Waals surface area contributed by atoms with Gasteiger partial charge in [-0.15, -0.1) is 0 Å². The van der Waals surface area contributed by atoms with Gasteiger partial charge < -0.3 is 0 Å². The monoisotopic (exact) mass is 733 g/mol. The van der Waals surface area contributed by atoms with Crippen LogP contribution in [0.2, 0.25) is 0 Å². The van der Waals surface area contributed by atoms with E-state index in [1.54, 1.807) is 12.1 Å². The van der Waals surface area contributed by atoms with Crippen LogP contribution < -0.4 is 4.90 Å². The van der Waals surface area contributed by atoms with Crippen LogP contribution in [0.5, 0.6) is 0 Å². The number of benzene rings is 6. The Kier molecular flexibility index (Phi) is 10.4. The van der Waals surface area contributed by atoms with Crippen LogP contribution in [0.25, 0.3) is 22.3 Å². The smallest absolute Gasteiger partial charge is 0.282 e.